The topological polar surface area (TPSA) is 26.3 Å². The van der Waals surface area contributed by atoms with Crippen molar-refractivity contribution in [3.8, 4) is 5.75 Å². The molecule has 0 saturated heterocycles. The van der Waals surface area contributed by atoms with Crippen LogP contribution in [0.3, 0.4) is 0 Å². The summed E-state index contributed by atoms with van der Waals surface area (Å²) < 4.78 is 65.7. The summed E-state index contributed by atoms with van der Waals surface area (Å²) in [5, 5.41) is -1.46. The molecule has 1 rings (SSSR count). The van der Waals surface area contributed by atoms with E-state index in [0.717, 1.165) is 0 Å². The van der Waals surface area contributed by atoms with E-state index >= 15 is 0 Å². The SMILES string of the molecule is O=C(Cl)c1cc(F)c(F)c(OC(F)F)c1F. The van der Waals surface area contributed by atoms with Crippen molar-refractivity contribution in [3.63, 3.8) is 0 Å². The van der Waals surface area contributed by atoms with E-state index in [-0.39, 0.29) is 6.07 Å². The third-order valence-electron chi connectivity index (χ3n) is 1.53. The van der Waals surface area contributed by atoms with Gasteiger partial charge < -0.3 is 4.74 Å². The predicted molar refractivity (Wildman–Crippen MR) is 43.1 cm³/mol. The maximum absolute atomic E-state index is 13.2. The van der Waals surface area contributed by atoms with Gasteiger partial charge in [0.15, 0.2) is 11.6 Å². The monoisotopic (exact) mass is 260 g/mol. The zero-order chi connectivity index (χ0) is 12.5. The Hall–Kier alpha value is -1.37. The van der Waals surface area contributed by atoms with Crippen LogP contribution in [0.1, 0.15) is 10.4 Å². The van der Waals surface area contributed by atoms with Gasteiger partial charge in [-0.25, -0.2) is 8.78 Å². The van der Waals surface area contributed by atoms with E-state index < -0.39 is 40.6 Å². The fourth-order valence-electron chi connectivity index (χ4n) is 0.916. The molecule has 2 nitrogen and oxygen atoms in total. The smallest absolute Gasteiger partial charge is 0.387 e. The molecule has 0 heterocycles. The molecule has 16 heavy (non-hydrogen) atoms. The molecule has 0 amide bonds. The number of hydrogen-bond acceptors (Lipinski definition) is 2. The van der Waals surface area contributed by atoms with E-state index in [0.29, 0.717) is 0 Å². The lowest BCUT2D eigenvalue weighted by atomic mass is 10.2. The van der Waals surface area contributed by atoms with Crippen LogP contribution in [0.4, 0.5) is 22.0 Å². The first-order chi connectivity index (χ1) is 7.34. The maximum Gasteiger partial charge on any atom is 0.387 e. The molecule has 0 fully saturated rings. The van der Waals surface area contributed by atoms with E-state index in [1.165, 1.54) is 0 Å². The number of ether oxygens (including phenoxy) is 1. The summed E-state index contributed by atoms with van der Waals surface area (Å²) in [5.41, 5.74) is -1.09. The summed E-state index contributed by atoms with van der Waals surface area (Å²) in [5.74, 6) is -7.14. The van der Waals surface area contributed by atoms with Gasteiger partial charge in [0, 0.05) is 0 Å². The first-order valence-electron chi connectivity index (χ1n) is 3.66. The average Bonchev–Trinajstić information content (AvgIpc) is 2.17. The van der Waals surface area contributed by atoms with E-state index in [9.17, 15) is 26.7 Å². The number of hydrogen-bond donors (Lipinski definition) is 0. The number of rotatable bonds is 3. The third-order valence-corrected chi connectivity index (χ3v) is 1.74. The Morgan fingerprint density at radius 2 is 1.81 bits per heavy atom. The van der Waals surface area contributed by atoms with Gasteiger partial charge >= 0.3 is 6.61 Å². The second kappa shape index (κ2) is 4.65. The lowest BCUT2D eigenvalue weighted by molar-refractivity contribution is -0.0550. The van der Waals surface area contributed by atoms with Crippen LogP contribution in [0, 0.1) is 17.5 Å². The molecule has 0 radical (unpaired) electrons. The zero-order valence-electron chi connectivity index (χ0n) is 7.24. The van der Waals surface area contributed by atoms with Crippen molar-refractivity contribution in [1.82, 2.24) is 0 Å². The summed E-state index contributed by atoms with van der Waals surface area (Å²) >= 11 is 4.83. The van der Waals surface area contributed by atoms with Crippen molar-refractivity contribution in [3.05, 3.63) is 29.1 Å². The van der Waals surface area contributed by atoms with Crippen LogP contribution in [0.25, 0.3) is 0 Å². The van der Waals surface area contributed by atoms with E-state index in [2.05, 4.69) is 4.74 Å². The van der Waals surface area contributed by atoms with Crippen molar-refractivity contribution in [2.24, 2.45) is 0 Å². The van der Waals surface area contributed by atoms with Crippen LogP contribution in [0.5, 0.6) is 5.75 Å². The molecule has 0 aliphatic heterocycles. The molecule has 0 aliphatic carbocycles. The van der Waals surface area contributed by atoms with Gasteiger partial charge in [-0.05, 0) is 17.7 Å². The van der Waals surface area contributed by atoms with E-state index in [1.54, 1.807) is 0 Å². The van der Waals surface area contributed by atoms with Crippen molar-refractivity contribution in [2.75, 3.05) is 0 Å². The minimum atomic E-state index is -3.57. The highest BCUT2D eigenvalue weighted by Crippen LogP contribution is 2.29. The molecule has 0 unspecified atom stereocenters. The molecule has 0 bridgehead atoms. The molecule has 88 valence electrons. The van der Waals surface area contributed by atoms with Gasteiger partial charge in [-0.15, -0.1) is 0 Å². The molecule has 0 N–H and O–H groups in total. The summed E-state index contributed by atoms with van der Waals surface area (Å²) in [7, 11) is 0. The van der Waals surface area contributed by atoms with Crippen LogP contribution in [0.15, 0.2) is 6.07 Å². The highest BCUT2D eigenvalue weighted by molar-refractivity contribution is 6.67. The van der Waals surface area contributed by atoms with E-state index in [4.69, 9.17) is 11.6 Å². The standard InChI is InChI=1S/C8H2ClF5O2/c9-7(15)2-1-3(10)5(12)6(4(2)11)16-8(13)14/h1,8H. The van der Waals surface area contributed by atoms with Crippen LogP contribution in [-0.2, 0) is 0 Å². The minimum Gasteiger partial charge on any atom is -0.428 e. The fourth-order valence-corrected chi connectivity index (χ4v) is 1.05. The van der Waals surface area contributed by atoms with Crippen LogP contribution in [-0.4, -0.2) is 11.9 Å². The molecule has 0 aliphatic rings. The highest BCUT2D eigenvalue weighted by Gasteiger charge is 2.25. The van der Waals surface area contributed by atoms with Crippen LogP contribution < -0.4 is 4.74 Å². The molecule has 0 atom stereocenters. The second-order valence-electron chi connectivity index (χ2n) is 2.52. The van der Waals surface area contributed by atoms with Crippen molar-refractivity contribution < 1.29 is 31.5 Å². The molecule has 8 heteroatoms. The average molecular weight is 261 g/mol. The summed E-state index contributed by atoms with van der Waals surface area (Å²) in [4.78, 5) is 10.6. The molecular weight excluding hydrogens is 259 g/mol. The number of alkyl halides is 2. The first-order valence-corrected chi connectivity index (χ1v) is 4.04. The zero-order valence-corrected chi connectivity index (χ0v) is 7.99. The Morgan fingerprint density at radius 1 is 1.25 bits per heavy atom. The Kier molecular flexibility index (Phi) is 3.69. The van der Waals surface area contributed by atoms with Gasteiger partial charge in [0.1, 0.15) is 0 Å². The Labute approximate surface area is 90.6 Å². The van der Waals surface area contributed by atoms with Crippen molar-refractivity contribution in [2.45, 2.75) is 6.61 Å². The van der Waals surface area contributed by atoms with Crippen LogP contribution in [0.2, 0.25) is 0 Å². The maximum atomic E-state index is 13.2. The largest absolute Gasteiger partial charge is 0.428 e. The predicted octanol–water partition coefficient (Wildman–Crippen LogP) is 3.08. The number of carbonyl (C=O) groups excluding carboxylic acids is 1. The normalized spacial score (nSPS) is 10.7. The molecule has 0 aromatic heterocycles. The van der Waals surface area contributed by atoms with Gasteiger partial charge in [0.2, 0.25) is 11.6 Å². The fraction of sp³-hybridized carbons (Fsp3) is 0.125. The molecular formula is C8H2ClF5O2. The second-order valence-corrected chi connectivity index (χ2v) is 2.86. The van der Waals surface area contributed by atoms with Gasteiger partial charge in [0.25, 0.3) is 5.24 Å². The number of benzene rings is 1. The summed E-state index contributed by atoms with van der Waals surface area (Å²) in [6.45, 7) is -3.57. The van der Waals surface area contributed by atoms with E-state index in [1.807, 2.05) is 0 Å². The molecule has 1 aromatic carbocycles. The van der Waals surface area contributed by atoms with Gasteiger partial charge in [-0.1, -0.05) is 0 Å². The van der Waals surface area contributed by atoms with Crippen LogP contribution >= 0.6 is 11.6 Å². The Morgan fingerprint density at radius 3 is 2.25 bits per heavy atom. The van der Waals surface area contributed by atoms with Gasteiger partial charge in [0.05, 0.1) is 5.56 Å². The molecule has 1 aromatic rings. The Bertz CT molecular complexity index is 435. The van der Waals surface area contributed by atoms with Crippen molar-refractivity contribution in [1.29, 1.82) is 0 Å². The minimum absolute atomic E-state index is 0.151. The van der Waals surface area contributed by atoms with Gasteiger partial charge in [-0.3, -0.25) is 4.79 Å². The molecule has 0 spiro atoms. The summed E-state index contributed by atoms with van der Waals surface area (Å²) in [6, 6.07) is 0.151. The first kappa shape index (κ1) is 12.7. The third kappa shape index (κ3) is 2.41. The quantitative estimate of drug-likeness (QED) is 0.474. The highest BCUT2D eigenvalue weighted by atomic mass is 35.5. The lowest BCUT2D eigenvalue weighted by Crippen LogP contribution is -2.10. The number of halogens is 6. The summed E-state index contributed by atoms with van der Waals surface area (Å²) in [6.07, 6.45) is 0. The van der Waals surface area contributed by atoms with Gasteiger partial charge in [-0.2, -0.15) is 13.2 Å². The van der Waals surface area contributed by atoms with Crippen molar-refractivity contribution >= 4 is 16.8 Å². The number of carbonyl (C=O) groups is 1. The Balaban J connectivity index is 3.39. The molecule has 0 saturated carbocycles. The lowest BCUT2D eigenvalue weighted by Gasteiger charge is -2.09.